The second-order valence-corrected chi connectivity index (χ2v) is 5.40. The summed E-state index contributed by atoms with van der Waals surface area (Å²) in [5, 5.41) is 12.5. The molecule has 0 aliphatic carbocycles. The van der Waals surface area contributed by atoms with Crippen LogP contribution in [0.3, 0.4) is 0 Å². The van der Waals surface area contributed by atoms with E-state index in [4.69, 9.17) is 5.11 Å². The van der Waals surface area contributed by atoms with Crippen molar-refractivity contribution < 1.29 is 9.90 Å². The molecule has 5 nitrogen and oxygen atoms in total. The number of nitrogens with one attached hydrogen (secondary N) is 2. The number of carbonyl (C=O) groups excluding carboxylic acids is 1. The molecule has 1 aromatic heterocycles. The van der Waals surface area contributed by atoms with Crippen LogP contribution in [0.5, 0.6) is 0 Å². The molecule has 0 saturated carbocycles. The number of hydrogen-bond acceptors (Lipinski definition) is 3. The smallest absolute Gasteiger partial charge is 0.252 e. The van der Waals surface area contributed by atoms with Gasteiger partial charge in [-0.05, 0) is 26.3 Å². The molecule has 20 heavy (non-hydrogen) atoms. The number of fused-ring (bicyclic) bond motifs is 1. The van der Waals surface area contributed by atoms with Crippen LogP contribution in [0.25, 0.3) is 10.9 Å². The number of aliphatic hydroxyl groups excluding tert-OH is 1. The average Bonchev–Trinajstić information content (AvgIpc) is 2.36. The lowest BCUT2D eigenvalue weighted by Gasteiger charge is -2.25. The minimum Gasteiger partial charge on any atom is -0.396 e. The van der Waals surface area contributed by atoms with Crippen molar-refractivity contribution in [3.05, 3.63) is 46.2 Å². The second kappa shape index (κ2) is 5.46. The fraction of sp³-hybridized carbons (Fsp3) is 0.333. The zero-order valence-electron chi connectivity index (χ0n) is 11.6. The molecule has 106 valence electrons. The summed E-state index contributed by atoms with van der Waals surface area (Å²) in [5.74, 6) is -0.314. The Morgan fingerprint density at radius 2 is 2.05 bits per heavy atom. The van der Waals surface area contributed by atoms with Crippen LogP contribution in [-0.2, 0) is 0 Å². The van der Waals surface area contributed by atoms with E-state index >= 15 is 0 Å². The van der Waals surface area contributed by atoms with Gasteiger partial charge in [0.25, 0.3) is 5.91 Å². The molecule has 0 spiro atoms. The van der Waals surface area contributed by atoms with Crippen molar-refractivity contribution in [2.24, 2.45) is 0 Å². The van der Waals surface area contributed by atoms with Gasteiger partial charge in [-0.15, -0.1) is 0 Å². The molecule has 1 aromatic carbocycles. The number of H-pyrrole nitrogens is 1. The molecular formula is C15H18N2O3. The van der Waals surface area contributed by atoms with Crippen molar-refractivity contribution in [3.8, 4) is 0 Å². The third-order valence-corrected chi connectivity index (χ3v) is 3.18. The van der Waals surface area contributed by atoms with Crippen molar-refractivity contribution in [2.45, 2.75) is 25.8 Å². The Bertz CT molecular complexity index is 689. The van der Waals surface area contributed by atoms with Gasteiger partial charge in [0.2, 0.25) is 5.56 Å². The van der Waals surface area contributed by atoms with Crippen molar-refractivity contribution in [1.82, 2.24) is 10.3 Å². The molecule has 0 fully saturated rings. The van der Waals surface area contributed by atoms with Crippen LogP contribution in [0.1, 0.15) is 30.6 Å². The standard InChI is InChI=1S/C15H18N2O3/c1-15(2,7-8-18)17-14(20)11-9-13(19)16-12-6-4-3-5-10(11)12/h3-6,9,18H,7-8H2,1-2H3,(H,16,19)(H,17,20). The van der Waals surface area contributed by atoms with Gasteiger partial charge in [0.1, 0.15) is 0 Å². The number of aromatic amines is 1. The number of aromatic nitrogens is 1. The zero-order chi connectivity index (χ0) is 14.8. The third kappa shape index (κ3) is 3.05. The first-order valence-corrected chi connectivity index (χ1v) is 6.48. The minimum absolute atomic E-state index is 0.0105. The number of pyridine rings is 1. The molecule has 1 amide bonds. The van der Waals surface area contributed by atoms with Crippen LogP contribution in [0, 0.1) is 0 Å². The Balaban J connectivity index is 2.42. The lowest BCUT2D eigenvalue weighted by molar-refractivity contribution is 0.0901. The maximum atomic E-state index is 12.4. The number of aliphatic hydroxyl groups is 1. The summed E-state index contributed by atoms with van der Waals surface area (Å²) in [6, 6.07) is 8.46. The topological polar surface area (TPSA) is 82.2 Å². The molecule has 0 aliphatic rings. The molecule has 2 aromatic rings. The molecule has 0 atom stereocenters. The molecule has 3 N–H and O–H groups in total. The summed E-state index contributed by atoms with van der Waals surface area (Å²) in [4.78, 5) is 26.7. The summed E-state index contributed by atoms with van der Waals surface area (Å²) in [7, 11) is 0. The van der Waals surface area contributed by atoms with E-state index in [1.807, 2.05) is 19.9 Å². The summed E-state index contributed by atoms with van der Waals surface area (Å²) >= 11 is 0. The minimum atomic E-state index is -0.532. The van der Waals surface area contributed by atoms with Gasteiger partial charge in [-0.25, -0.2) is 0 Å². The maximum absolute atomic E-state index is 12.4. The van der Waals surface area contributed by atoms with Crippen molar-refractivity contribution >= 4 is 16.8 Å². The normalized spacial score (nSPS) is 11.6. The first-order chi connectivity index (χ1) is 9.43. The van der Waals surface area contributed by atoms with Crippen LogP contribution in [0.2, 0.25) is 0 Å². The molecular weight excluding hydrogens is 256 g/mol. The molecule has 0 saturated heterocycles. The second-order valence-electron chi connectivity index (χ2n) is 5.40. The molecule has 2 rings (SSSR count). The highest BCUT2D eigenvalue weighted by atomic mass is 16.3. The predicted molar refractivity (Wildman–Crippen MR) is 77.8 cm³/mol. The highest BCUT2D eigenvalue weighted by molar-refractivity contribution is 6.06. The zero-order valence-corrected chi connectivity index (χ0v) is 11.6. The molecule has 0 bridgehead atoms. The lowest BCUT2D eigenvalue weighted by atomic mass is 10.00. The van der Waals surface area contributed by atoms with Crippen molar-refractivity contribution in [1.29, 1.82) is 0 Å². The summed E-state index contributed by atoms with van der Waals surface area (Å²) in [6.45, 7) is 3.65. The van der Waals surface area contributed by atoms with E-state index in [9.17, 15) is 9.59 Å². The number of para-hydroxylation sites is 1. The third-order valence-electron chi connectivity index (χ3n) is 3.18. The Kier molecular flexibility index (Phi) is 3.90. The molecule has 5 heteroatoms. The fourth-order valence-electron chi connectivity index (χ4n) is 2.11. The quantitative estimate of drug-likeness (QED) is 0.788. The van der Waals surface area contributed by atoms with Crippen LogP contribution in [0.15, 0.2) is 35.1 Å². The SMILES string of the molecule is CC(C)(CCO)NC(=O)c1cc(=O)[nH]c2ccccc12. The Morgan fingerprint density at radius 1 is 1.35 bits per heavy atom. The van der Waals surface area contributed by atoms with Crippen LogP contribution < -0.4 is 10.9 Å². The Labute approximate surface area is 116 Å². The van der Waals surface area contributed by atoms with Gasteiger partial charge in [0.05, 0.1) is 5.56 Å². The van der Waals surface area contributed by atoms with E-state index in [-0.39, 0.29) is 18.1 Å². The van der Waals surface area contributed by atoms with Gasteiger partial charge >= 0.3 is 0 Å². The van der Waals surface area contributed by atoms with Gasteiger partial charge in [0.15, 0.2) is 0 Å². The predicted octanol–water partition coefficient (Wildman–Crippen LogP) is 1.42. The monoisotopic (exact) mass is 274 g/mol. The highest BCUT2D eigenvalue weighted by Crippen LogP contribution is 2.16. The lowest BCUT2D eigenvalue weighted by Crippen LogP contribution is -2.44. The molecule has 0 radical (unpaired) electrons. The van der Waals surface area contributed by atoms with Gasteiger partial charge in [-0.2, -0.15) is 0 Å². The molecule has 1 heterocycles. The summed E-state index contributed by atoms with van der Waals surface area (Å²) in [5.41, 5.74) is 0.129. The van der Waals surface area contributed by atoms with Crippen molar-refractivity contribution in [2.75, 3.05) is 6.61 Å². The average molecular weight is 274 g/mol. The molecule has 0 unspecified atom stereocenters. The summed E-state index contributed by atoms with van der Waals surface area (Å²) < 4.78 is 0. The number of carbonyl (C=O) groups is 1. The van der Waals surface area contributed by atoms with Crippen molar-refractivity contribution in [3.63, 3.8) is 0 Å². The van der Waals surface area contributed by atoms with Gasteiger partial charge < -0.3 is 15.4 Å². The van der Waals surface area contributed by atoms with Gasteiger partial charge in [-0.1, -0.05) is 18.2 Å². The number of benzene rings is 1. The largest absolute Gasteiger partial charge is 0.396 e. The van der Waals surface area contributed by atoms with Gasteiger partial charge in [0, 0.05) is 29.1 Å². The number of amides is 1. The van der Waals surface area contributed by atoms with Crippen LogP contribution in [-0.4, -0.2) is 28.1 Å². The van der Waals surface area contributed by atoms with E-state index in [2.05, 4.69) is 10.3 Å². The van der Waals surface area contributed by atoms with Crippen LogP contribution in [0.4, 0.5) is 0 Å². The molecule has 0 aliphatic heterocycles. The maximum Gasteiger partial charge on any atom is 0.252 e. The van der Waals surface area contributed by atoms with E-state index in [0.717, 1.165) is 0 Å². The Hall–Kier alpha value is -2.14. The van der Waals surface area contributed by atoms with E-state index in [1.165, 1.54) is 6.07 Å². The summed E-state index contributed by atoms with van der Waals surface area (Å²) in [6.07, 6.45) is 0.444. The van der Waals surface area contributed by atoms with Crippen LogP contribution >= 0.6 is 0 Å². The highest BCUT2D eigenvalue weighted by Gasteiger charge is 2.22. The number of rotatable bonds is 4. The first kappa shape index (κ1) is 14.3. The first-order valence-electron chi connectivity index (χ1n) is 6.48. The Morgan fingerprint density at radius 3 is 2.75 bits per heavy atom. The number of hydrogen-bond donors (Lipinski definition) is 3. The van der Waals surface area contributed by atoms with Gasteiger partial charge in [-0.3, -0.25) is 9.59 Å². The van der Waals surface area contributed by atoms with E-state index in [1.54, 1.807) is 18.2 Å². The van der Waals surface area contributed by atoms with E-state index in [0.29, 0.717) is 22.9 Å². The van der Waals surface area contributed by atoms with E-state index < -0.39 is 5.54 Å². The fourth-order valence-corrected chi connectivity index (χ4v) is 2.11.